The Hall–Kier alpha value is -2.03. The van der Waals surface area contributed by atoms with Crippen LogP contribution >= 0.6 is 0 Å². The molecule has 3 rings (SSSR count). The summed E-state index contributed by atoms with van der Waals surface area (Å²) in [5, 5.41) is 15.1. The molecular formula is C16H24F3N7O3S. The van der Waals surface area contributed by atoms with Crippen LogP contribution in [0.2, 0.25) is 0 Å². The summed E-state index contributed by atoms with van der Waals surface area (Å²) in [6.45, 7) is 5.71. The van der Waals surface area contributed by atoms with Crippen molar-refractivity contribution in [3.8, 4) is 0 Å². The quantitative estimate of drug-likeness (QED) is 0.469. The number of imidazole rings is 1. The second kappa shape index (κ2) is 8.61. The van der Waals surface area contributed by atoms with Crippen LogP contribution in [0.4, 0.5) is 24.9 Å². The number of nitrogens with one attached hydrogen (secondary N) is 2. The predicted molar refractivity (Wildman–Crippen MR) is 105 cm³/mol. The van der Waals surface area contributed by atoms with Crippen LogP contribution in [0.1, 0.15) is 33.2 Å². The number of halogens is 3. The van der Waals surface area contributed by atoms with Crippen molar-refractivity contribution in [2.45, 2.75) is 57.6 Å². The SMILES string of the molecule is CC(Nc1nc(NC2CCN(S(=O)O)C2)c2ncn(C(C)C)c2n1)C(O)C(F)(F)F. The maximum absolute atomic E-state index is 12.8. The number of anilines is 2. The first-order valence-corrected chi connectivity index (χ1v) is 10.4. The van der Waals surface area contributed by atoms with Crippen LogP contribution in [0.3, 0.4) is 0 Å². The molecule has 1 fully saturated rings. The van der Waals surface area contributed by atoms with Crippen molar-refractivity contribution in [1.82, 2.24) is 23.8 Å². The maximum Gasteiger partial charge on any atom is 0.416 e. The molecule has 168 valence electrons. The number of nitrogens with zero attached hydrogens (tertiary/aromatic N) is 5. The molecule has 1 saturated heterocycles. The van der Waals surface area contributed by atoms with Crippen LogP contribution in [0.15, 0.2) is 6.33 Å². The molecule has 0 aromatic carbocycles. The number of fused-ring (bicyclic) bond motifs is 1. The van der Waals surface area contributed by atoms with E-state index in [1.807, 2.05) is 13.8 Å². The van der Waals surface area contributed by atoms with Gasteiger partial charge in [-0.3, -0.25) is 4.55 Å². The van der Waals surface area contributed by atoms with Crippen LogP contribution in [0.25, 0.3) is 11.2 Å². The Balaban J connectivity index is 1.92. The highest BCUT2D eigenvalue weighted by Crippen LogP contribution is 2.27. The van der Waals surface area contributed by atoms with Gasteiger partial charge in [-0.15, -0.1) is 0 Å². The maximum atomic E-state index is 12.8. The molecular weight excluding hydrogens is 427 g/mol. The van der Waals surface area contributed by atoms with Crippen molar-refractivity contribution in [3.63, 3.8) is 0 Å². The number of hydrogen-bond acceptors (Lipinski definition) is 7. The van der Waals surface area contributed by atoms with Gasteiger partial charge in [0.05, 0.1) is 12.4 Å². The van der Waals surface area contributed by atoms with Crippen molar-refractivity contribution >= 4 is 34.2 Å². The van der Waals surface area contributed by atoms with E-state index >= 15 is 0 Å². The molecule has 0 saturated carbocycles. The summed E-state index contributed by atoms with van der Waals surface area (Å²) in [6.07, 6.45) is -5.23. The fraction of sp³-hybridized carbons (Fsp3) is 0.688. The zero-order valence-corrected chi connectivity index (χ0v) is 17.4. The normalized spacial score (nSPS) is 21.2. The Labute approximate surface area is 173 Å². The van der Waals surface area contributed by atoms with Gasteiger partial charge in [0.1, 0.15) is 0 Å². The van der Waals surface area contributed by atoms with E-state index < -0.39 is 29.6 Å². The monoisotopic (exact) mass is 451 g/mol. The number of alkyl halides is 3. The van der Waals surface area contributed by atoms with E-state index in [9.17, 15) is 27.0 Å². The van der Waals surface area contributed by atoms with E-state index in [0.29, 0.717) is 36.5 Å². The molecule has 4 unspecified atom stereocenters. The molecule has 0 spiro atoms. The Morgan fingerprint density at radius 3 is 2.57 bits per heavy atom. The lowest BCUT2D eigenvalue weighted by Crippen LogP contribution is -2.42. The molecule has 0 bridgehead atoms. The van der Waals surface area contributed by atoms with Gasteiger partial charge in [0, 0.05) is 25.2 Å². The number of aromatic nitrogens is 4. The van der Waals surface area contributed by atoms with Crippen molar-refractivity contribution in [1.29, 1.82) is 0 Å². The average molecular weight is 451 g/mol. The highest BCUT2D eigenvalue weighted by molar-refractivity contribution is 7.76. The molecule has 4 atom stereocenters. The van der Waals surface area contributed by atoms with Gasteiger partial charge in [0.2, 0.25) is 17.2 Å². The van der Waals surface area contributed by atoms with Crippen LogP contribution in [-0.2, 0) is 11.3 Å². The average Bonchev–Trinajstić information content (AvgIpc) is 3.27. The summed E-state index contributed by atoms with van der Waals surface area (Å²) in [4.78, 5) is 12.9. The van der Waals surface area contributed by atoms with Gasteiger partial charge in [-0.1, -0.05) is 0 Å². The minimum Gasteiger partial charge on any atom is -0.382 e. The summed E-state index contributed by atoms with van der Waals surface area (Å²) in [7, 11) is 0. The van der Waals surface area contributed by atoms with E-state index in [-0.39, 0.29) is 18.0 Å². The summed E-state index contributed by atoms with van der Waals surface area (Å²) in [5.74, 6) is 0.204. The number of aliphatic hydroxyl groups excluding tert-OH is 1. The Bertz CT molecular complexity index is 923. The molecule has 10 nitrogen and oxygen atoms in total. The highest BCUT2D eigenvalue weighted by Gasteiger charge is 2.42. The van der Waals surface area contributed by atoms with E-state index in [1.54, 1.807) is 10.9 Å². The van der Waals surface area contributed by atoms with Crippen molar-refractivity contribution < 1.29 is 27.0 Å². The van der Waals surface area contributed by atoms with Gasteiger partial charge in [0.25, 0.3) is 0 Å². The topological polar surface area (TPSA) is 128 Å². The smallest absolute Gasteiger partial charge is 0.382 e. The molecule has 0 radical (unpaired) electrons. The number of aliphatic hydroxyl groups is 1. The summed E-state index contributed by atoms with van der Waals surface area (Å²) in [5.41, 5.74) is 0.848. The Morgan fingerprint density at radius 2 is 2.00 bits per heavy atom. The second-order valence-corrected chi connectivity index (χ2v) is 8.46. The molecule has 0 aliphatic carbocycles. The minimum absolute atomic E-state index is 0.0115. The van der Waals surface area contributed by atoms with Crippen molar-refractivity contribution in [2.24, 2.45) is 0 Å². The molecule has 0 amide bonds. The minimum atomic E-state index is -4.79. The lowest BCUT2D eigenvalue weighted by molar-refractivity contribution is -0.206. The first-order valence-electron chi connectivity index (χ1n) is 9.35. The third-order valence-corrected chi connectivity index (χ3v) is 5.63. The van der Waals surface area contributed by atoms with Gasteiger partial charge in [0.15, 0.2) is 23.1 Å². The zero-order valence-electron chi connectivity index (χ0n) is 16.6. The first-order chi connectivity index (χ1) is 14.0. The molecule has 3 heterocycles. The number of hydrogen-bond donors (Lipinski definition) is 4. The van der Waals surface area contributed by atoms with Crippen molar-refractivity contribution in [3.05, 3.63) is 6.33 Å². The Kier molecular flexibility index (Phi) is 6.50. The van der Waals surface area contributed by atoms with Gasteiger partial charge < -0.3 is 20.3 Å². The lowest BCUT2D eigenvalue weighted by atomic mass is 10.2. The molecule has 2 aromatic rings. The van der Waals surface area contributed by atoms with E-state index in [1.165, 1.54) is 11.2 Å². The molecule has 1 aliphatic rings. The molecule has 2 aromatic heterocycles. The van der Waals surface area contributed by atoms with Crippen LogP contribution in [-0.4, -0.2) is 75.1 Å². The fourth-order valence-corrected chi connectivity index (χ4v) is 3.78. The zero-order chi connectivity index (χ0) is 22.2. The third kappa shape index (κ3) is 4.82. The standard InChI is InChI=1S/C16H24F3N7O3S/c1-8(2)26-7-20-11-13(22-10-4-5-25(6-10)30(28)29)23-15(24-14(11)26)21-9(3)12(27)16(17,18)19/h7-10,12,27H,4-6H2,1-3H3,(H,28,29)(H2,21,22,23,24). The van der Waals surface area contributed by atoms with Crippen LogP contribution < -0.4 is 10.6 Å². The van der Waals surface area contributed by atoms with Crippen LogP contribution in [0.5, 0.6) is 0 Å². The molecule has 1 aliphatic heterocycles. The van der Waals surface area contributed by atoms with E-state index in [2.05, 4.69) is 25.6 Å². The lowest BCUT2D eigenvalue weighted by Gasteiger charge is -2.23. The Morgan fingerprint density at radius 1 is 1.30 bits per heavy atom. The molecule has 4 N–H and O–H groups in total. The van der Waals surface area contributed by atoms with Crippen LogP contribution in [0, 0.1) is 0 Å². The van der Waals surface area contributed by atoms with Gasteiger partial charge in [-0.25, -0.2) is 9.19 Å². The van der Waals surface area contributed by atoms with E-state index in [4.69, 9.17) is 0 Å². The number of rotatable bonds is 7. The van der Waals surface area contributed by atoms with E-state index in [0.717, 1.165) is 0 Å². The summed E-state index contributed by atoms with van der Waals surface area (Å²) < 4.78 is 62.1. The third-order valence-electron chi connectivity index (χ3n) is 4.86. The van der Waals surface area contributed by atoms with Gasteiger partial charge >= 0.3 is 6.18 Å². The fourth-order valence-electron chi connectivity index (χ4n) is 3.21. The largest absolute Gasteiger partial charge is 0.416 e. The summed E-state index contributed by atoms with van der Waals surface area (Å²) >= 11 is -2.08. The molecule has 14 heteroatoms. The van der Waals surface area contributed by atoms with Crippen molar-refractivity contribution in [2.75, 3.05) is 23.7 Å². The summed E-state index contributed by atoms with van der Waals surface area (Å²) in [6, 6.07) is -1.60. The second-order valence-electron chi connectivity index (χ2n) is 7.48. The molecule has 30 heavy (non-hydrogen) atoms. The predicted octanol–water partition coefficient (Wildman–Crippen LogP) is 1.75. The first kappa shape index (κ1) is 22.7. The van der Waals surface area contributed by atoms with Gasteiger partial charge in [-0.05, 0) is 27.2 Å². The highest BCUT2D eigenvalue weighted by atomic mass is 32.2. The van der Waals surface area contributed by atoms with Gasteiger partial charge in [-0.2, -0.15) is 27.4 Å².